The zero-order valence-electron chi connectivity index (χ0n) is 15.5. The molecule has 0 aromatic heterocycles. The normalized spacial score (nSPS) is 23.6. The fourth-order valence-corrected chi connectivity index (χ4v) is 5.59. The molecule has 0 saturated carbocycles. The van der Waals surface area contributed by atoms with E-state index in [-0.39, 0.29) is 47.6 Å². The first-order valence-corrected chi connectivity index (χ1v) is 11.3. The quantitative estimate of drug-likeness (QED) is 0.350. The largest absolute Gasteiger partial charge is 0.354 e. The molecule has 27 heavy (non-hydrogen) atoms. The predicted octanol–water partition coefficient (Wildman–Crippen LogP) is 2.45. The van der Waals surface area contributed by atoms with Crippen molar-refractivity contribution in [2.45, 2.75) is 31.3 Å². The number of hydrogen-bond donors (Lipinski definition) is 2. The van der Waals surface area contributed by atoms with Crippen molar-refractivity contribution in [3.8, 4) is 0 Å². The molecule has 1 aromatic carbocycles. The molecule has 9 heteroatoms. The smallest absolute Gasteiger partial charge is 0.191 e. The van der Waals surface area contributed by atoms with Crippen molar-refractivity contribution in [1.82, 2.24) is 15.5 Å². The van der Waals surface area contributed by atoms with Gasteiger partial charge >= 0.3 is 0 Å². The molecular weight excluding hydrogens is 499 g/mol. The molecule has 2 fully saturated rings. The van der Waals surface area contributed by atoms with Crippen LogP contribution in [-0.2, 0) is 9.84 Å². The Labute approximate surface area is 184 Å². The summed E-state index contributed by atoms with van der Waals surface area (Å²) in [7, 11) is -1.20. The van der Waals surface area contributed by atoms with Gasteiger partial charge in [-0.3, -0.25) is 9.89 Å². The Bertz CT molecular complexity index is 753. The van der Waals surface area contributed by atoms with E-state index in [0.717, 1.165) is 18.1 Å². The topological polar surface area (TPSA) is 73.8 Å². The first-order valence-electron chi connectivity index (χ1n) is 9.14. The molecule has 2 atom stereocenters. The van der Waals surface area contributed by atoms with E-state index in [0.29, 0.717) is 18.9 Å². The van der Waals surface area contributed by atoms with Crippen molar-refractivity contribution in [2.75, 3.05) is 38.2 Å². The molecule has 0 radical (unpaired) electrons. The Hall–Kier alpha value is -0.580. The Morgan fingerprint density at radius 1 is 1.37 bits per heavy atom. The summed E-state index contributed by atoms with van der Waals surface area (Å²) in [6.45, 7) is 2.84. The number of rotatable bonds is 5. The van der Waals surface area contributed by atoms with Crippen LogP contribution < -0.4 is 10.6 Å². The average molecular weight is 527 g/mol. The van der Waals surface area contributed by atoms with E-state index in [1.807, 2.05) is 18.2 Å². The summed E-state index contributed by atoms with van der Waals surface area (Å²) in [6, 6.07) is 8.14. The van der Waals surface area contributed by atoms with Crippen LogP contribution in [0.2, 0.25) is 5.02 Å². The highest BCUT2D eigenvalue weighted by molar-refractivity contribution is 14.0. The highest BCUT2D eigenvalue weighted by Gasteiger charge is 2.29. The average Bonchev–Trinajstić information content (AvgIpc) is 3.24. The number of aliphatic imine (C=N–C) groups is 1. The maximum Gasteiger partial charge on any atom is 0.191 e. The van der Waals surface area contributed by atoms with Gasteiger partial charge in [0.25, 0.3) is 0 Å². The third-order valence-corrected chi connectivity index (χ3v) is 7.08. The second-order valence-electron chi connectivity index (χ2n) is 7.01. The van der Waals surface area contributed by atoms with E-state index in [9.17, 15) is 8.42 Å². The standard InChI is InChI=1S/C18H27ClN4O2S.HI/c1-20-18(22-16-7-10-26(24,25)13-16)21-12-17(23-8-2-3-9-23)14-5-4-6-15(19)11-14;/h4-6,11,16-17H,2-3,7-10,12-13H2,1H3,(H2,20,21,22);1H. The van der Waals surface area contributed by atoms with Gasteiger partial charge in [0.1, 0.15) is 0 Å². The molecule has 2 saturated heterocycles. The van der Waals surface area contributed by atoms with Crippen LogP contribution in [-0.4, -0.2) is 63.5 Å². The number of sulfone groups is 1. The van der Waals surface area contributed by atoms with Crippen molar-refractivity contribution in [2.24, 2.45) is 4.99 Å². The molecule has 152 valence electrons. The lowest BCUT2D eigenvalue weighted by atomic mass is 10.1. The lowest BCUT2D eigenvalue weighted by molar-refractivity contribution is 0.245. The molecule has 2 unspecified atom stereocenters. The van der Waals surface area contributed by atoms with Crippen molar-refractivity contribution in [1.29, 1.82) is 0 Å². The predicted molar refractivity (Wildman–Crippen MR) is 122 cm³/mol. The van der Waals surface area contributed by atoms with Crippen LogP contribution in [0.25, 0.3) is 0 Å². The lowest BCUT2D eigenvalue weighted by Crippen LogP contribution is -2.46. The van der Waals surface area contributed by atoms with Crippen LogP contribution in [0.1, 0.15) is 30.9 Å². The van der Waals surface area contributed by atoms with Crippen LogP contribution in [0.4, 0.5) is 0 Å². The summed E-state index contributed by atoms with van der Waals surface area (Å²) in [6.07, 6.45) is 3.06. The molecule has 2 aliphatic heterocycles. The highest BCUT2D eigenvalue weighted by atomic mass is 127. The van der Waals surface area contributed by atoms with E-state index >= 15 is 0 Å². The molecular formula is C18H28ClIN4O2S. The number of hydrogen-bond acceptors (Lipinski definition) is 4. The summed E-state index contributed by atoms with van der Waals surface area (Å²) in [4.78, 5) is 6.73. The van der Waals surface area contributed by atoms with Gasteiger partial charge in [0, 0.05) is 24.7 Å². The van der Waals surface area contributed by atoms with Gasteiger partial charge in [0.05, 0.1) is 17.5 Å². The minimum absolute atomic E-state index is 0. The summed E-state index contributed by atoms with van der Waals surface area (Å²) >= 11 is 6.19. The van der Waals surface area contributed by atoms with Crippen LogP contribution >= 0.6 is 35.6 Å². The zero-order valence-corrected chi connectivity index (χ0v) is 19.4. The SMILES string of the molecule is CN=C(NCC(c1cccc(Cl)c1)N1CCCC1)NC1CCS(=O)(=O)C1.I. The Balaban J connectivity index is 0.00000261. The molecule has 0 spiro atoms. The van der Waals surface area contributed by atoms with E-state index in [1.165, 1.54) is 18.4 Å². The summed E-state index contributed by atoms with van der Waals surface area (Å²) in [5.74, 6) is 1.08. The number of likely N-dealkylation sites (tertiary alicyclic amines) is 1. The van der Waals surface area contributed by atoms with Gasteiger partial charge in [-0.05, 0) is 50.0 Å². The number of nitrogens with zero attached hydrogens (tertiary/aromatic N) is 2. The van der Waals surface area contributed by atoms with Crippen LogP contribution in [0, 0.1) is 0 Å². The van der Waals surface area contributed by atoms with Gasteiger partial charge in [0.15, 0.2) is 15.8 Å². The van der Waals surface area contributed by atoms with Gasteiger partial charge in [-0.1, -0.05) is 23.7 Å². The summed E-state index contributed by atoms with van der Waals surface area (Å²) in [5, 5.41) is 7.36. The fraction of sp³-hybridized carbons (Fsp3) is 0.611. The third kappa shape index (κ3) is 6.47. The Morgan fingerprint density at radius 3 is 2.70 bits per heavy atom. The van der Waals surface area contributed by atoms with Gasteiger partial charge in [-0.2, -0.15) is 0 Å². The van der Waals surface area contributed by atoms with Gasteiger partial charge in [-0.15, -0.1) is 24.0 Å². The maximum atomic E-state index is 11.6. The zero-order chi connectivity index (χ0) is 18.6. The number of guanidine groups is 1. The summed E-state index contributed by atoms with van der Waals surface area (Å²) < 4.78 is 23.3. The number of halogens is 2. The second-order valence-corrected chi connectivity index (χ2v) is 9.68. The molecule has 0 amide bonds. The third-order valence-electron chi connectivity index (χ3n) is 5.07. The number of benzene rings is 1. The van der Waals surface area contributed by atoms with E-state index < -0.39 is 9.84 Å². The minimum atomic E-state index is -2.91. The lowest BCUT2D eigenvalue weighted by Gasteiger charge is -2.29. The molecule has 0 bridgehead atoms. The van der Waals surface area contributed by atoms with E-state index in [4.69, 9.17) is 11.6 Å². The monoisotopic (exact) mass is 526 g/mol. The Kier molecular flexibility index (Phi) is 8.64. The maximum absolute atomic E-state index is 11.6. The molecule has 0 aliphatic carbocycles. The molecule has 2 N–H and O–H groups in total. The van der Waals surface area contributed by atoms with Crippen LogP contribution in [0.15, 0.2) is 29.3 Å². The molecule has 2 heterocycles. The van der Waals surface area contributed by atoms with Crippen molar-refractivity contribution >= 4 is 51.4 Å². The molecule has 6 nitrogen and oxygen atoms in total. The molecule has 1 aromatic rings. The Morgan fingerprint density at radius 2 is 2.11 bits per heavy atom. The van der Waals surface area contributed by atoms with Crippen LogP contribution in [0.5, 0.6) is 0 Å². The first kappa shape index (κ1) is 22.7. The van der Waals surface area contributed by atoms with Gasteiger partial charge in [0.2, 0.25) is 0 Å². The van der Waals surface area contributed by atoms with Crippen molar-refractivity contribution < 1.29 is 8.42 Å². The molecule has 2 aliphatic rings. The van der Waals surface area contributed by atoms with E-state index in [2.05, 4.69) is 26.6 Å². The molecule has 3 rings (SSSR count). The minimum Gasteiger partial charge on any atom is -0.354 e. The van der Waals surface area contributed by atoms with Gasteiger partial charge in [-0.25, -0.2) is 8.42 Å². The summed E-state index contributed by atoms with van der Waals surface area (Å²) in [5.41, 5.74) is 1.19. The van der Waals surface area contributed by atoms with Gasteiger partial charge < -0.3 is 10.6 Å². The van der Waals surface area contributed by atoms with Crippen molar-refractivity contribution in [3.05, 3.63) is 34.9 Å². The van der Waals surface area contributed by atoms with Crippen molar-refractivity contribution in [3.63, 3.8) is 0 Å². The highest BCUT2D eigenvalue weighted by Crippen LogP contribution is 2.26. The first-order chi connectivity index (χ1) is 12.5. The fourth-order valence-electron chi connectivity index (χ4n) is 3.72. The second kappa shape index (κ2) is 10.3. The number of nitrogens with one attached hydrogen (secondary N) is 2. The van der Waals surface area contributed by atoms with Crippen LogP contribution in [0.3, 0.4) is 0 Å². The van der Waals surface area contributed by atoms with E-state index in [1.54, 1.807) is 7.05 Å².